The average molecular weight is 547 g/mol. The lowest BCUT2D eigenvalue weighted by Crippen LogP contribution is -2.15. The Morgan fingerprint density at radius 1 is 0.410 bits per heavy atom. The maximum atomic E-state index is 12.1. The molecular weight excluding hydrogens is 512 g/mol. The van der Waals surface area contributed by atoms with Gasteiger partial charge < -0.3 is 33.2 Å². The van der Waals surface area contributed by atoms with E-state index in [9.17, 15) is 19.2 Å². The molecule has 0 heterocycles. The molecule has 0 N–H and O–H groups in total. The van der Waals surface area contributed by atoms with Gasteiger partial charge in [0.15, 0.2) is 0 Å². The highest BCUT2D eigenvalue weighted by Crippen LogP contribution is 2.09. The molecule has 0 aliphatic carbocycles. The lowest BCUT2D eigenvalue weighted by atomic mass is 10.1. The Morgan fingerprint density at radius 2 is 0.641 bits per heavy atom. The van der Waals surface area contributed by atoms with Crippen molar-refractivity contribution in [3.63, 3.8) is 0 Å². The van der Waals surface area contributed by atoms with E-state index in [1.165, 1.54) is 48.5 Å². The van der Waals surface area contributed by atoms with Gasteiger partial charge in [0.05, 0.1) is 48.7 Å². The van der Waals surface area contributed by atoms with Crippen molar-refractivity contribution in [1.82, 2.24) is 0 Å². The first-order valence-corrected chi connectivity index (χ1v) is 12.6. The first kappa shape index (κ1) is 31.4. The molecular formula is C28H34O11. The van der Waals surface area contributed by atoms with Crippen LogP contribution in [0.15, 0.2) is 48.5 Å². The molecule has 2 rings (SSSR count). The predicted molar refractivity (Wildman–Crippen MR) is 138 cm³/mol. The molecule has 39 heavy (non-hydrogen) atoms. The first-order valence-electron chi connectivity index (χ1n) is 12.6. The zero-order valence-corrected chi connectivity index (χ0v) is 22.2. The summed E-state index contributed by atoms with van der Waals surface area (Å²) in [5.41, 5.74) is 1.18. The van der Waals surface area contributed by atoms with Gasteiger partial charge in [0, 0.05) is 13.2 Å². The second-order valence-corrected chi connectivity index (χ2v) is 7.70. The Kier molecular flexibility index (Phi) is 14.9. The van der Waals surface area contributed by atoms with Gasteiger partial charge in [-0.25, -0.2) is 19.2 Å². The number of ether oxygens (including phenoxy) is 7. The Hall–Kier alpha value is -3.80. The van der Waals surface area contributed by atoms with Gasteiger partial charge in [-0.3, -0.25) is 0 Å². The van der Waals surface area contributed by atoms with Crippen LogP contribution in [0.1, 0.15) is 55.3 Å². The Bertz CT molecular complexity index is 949. The minimum atomic E-state index is -0.567. The first-order chi connectivity index (χ1) is 19.0. The van der Waals surface area contributed by atoms with Crippen molar-refractivity contribution in [2.24, 2.45) is 0 Å². The molecule has 0 amide bonds. The SMILES string of the molecule is CCOCCOC(=O)c1ccc(C(=O)OCCOCCOC(=O)c2ccc(C(=O)OCCOCC)cc2)cc1. The number of carbonyl (C=O) groups is 4. The van der Waals surface area contributed by atoms with Gasteiger partial charge in [0.25, 0.3) is 0 Å². The van der Waals surface area contributed by atoms with Crippen LogP contribution in [-0.2, 0) is 33.2 Å². The van der Waals surface area contributed by atoms with E-state index in [0.717, 1.165) is 0 Å². The summed E-state index contributed by atoms with van der Waals surface area (Å²) in [5.74, 6) is -2.14. The lowest BCUT2D eigenvalue weighted by molar-refractivity contribution is 0.0150. The van der Waals surface area contributed by atoms with Crippen LogP contribution in [-0.4, -0.2) is 89.9 Å². The van der Waals surface area contributed by atoms with Gasteiger partial charge in [-0.1, -0.05) is 0 Å². The smallest absolute Gasteiger partial charge is 0.338 e. The van der Waals surface area contributed by atoms with Crippen LogP contribution >= 0.6 is 0 Å². The van der Waals surface area contributed by atoms with Crippen molar-refractivity contribution >= 4 is 23.9 Å². The molecule has 0 spiro atoms. The highest BCUT2D eigenvalue weighted by Gasteiger charge is 2.12. The van der Waals surface area contributed by atoms with Gasteiger partial charge in [-0.2, -0.15) is 0 Å². The fourth-order valence-electron chi connectivity index (χ4n) is 2.98. The average Bonchev–Trinajstić information content (AvgIpc) is 2.96. The summed E-state index contributed by atoms with van der Waals surface area (Å²) in [4.78, 5) is 48.1. The minimum Gasteiger partial charge on any atom is -0.460 e. The van der Waals surface area contributed by atoms with E-state index >= 15 is 0 Å². The fourth-order valence-corrected chi connectivity index (χ4v) is 2.98. The molecule has 0 saturated carbocycles. The molecule has 0 fully saturated rings. The van der Waals surface area contributed by atoms with Crippen molar-refractivity contribution in [2.75, 3.05) is 66.1 Å². The van der Waals surface area contributed by atoms with E-state index in [4.69, 9.17) is 33.2 Å². The monoisotopic (exact) mass is 546 g/mol. The van der Waals surface area contributed by atoms with Crippen molar-refractivity contribution in [1.29, 1.82) is 0 Å². The topological polar surface area (TPSA) is 133 Å². The number of esters is 4. The van der Waals surface area contributed by atoms with Gasteiger partial charge in [-0.15, -0.1) is 0 Å². The highest BCUT2D eigenvalue weighted by atomic mass is 16.6. The molecule has 0 aromatic heterocycles. The number of rotatable bonds is 18. The predicted octanol–water partition coefficient (Wildman–Crippen LogP) is 3.10. The number of hydrogen-bond donors (Lipinski definition) is 0. The minimum absolute atomic E-state index is 0.00384. The summed E-state index contributed by atoms with van der Waals surface area (Å²) in [6.07, 6.45) is 0. The maximum absolute atomic E-state index is 12.1. The van der Waals surface area contributed by atoms with Gasteiger partial charge in [0.1, 0.15) is 26.4 Å². The molecule has 11 nitrogen and oxygen atoms in total. The van der Waals surface area contributed by atoms with Crippen LogP contribution in [0, 0.1) is 0 Å². The van der Waals surface area contributed by atoms with E-state index < -0.39 is 23.9 Å². The van der Waals surface area contributed by atoms with Gasteiger partial charge in [0.2, 0.25) is 0 Å². The Morgan fingerprint density at radius 3 is 0.872 bits per heavy atom. The molecule has 212 valence electrons. The van der Waals surface area contributed by atoms with Crippen LogP contribution in [0.4, 0.5) is 0 Å². The third-order valence-electron chi connectivity index (χ3n) is 4.96. The number of hydrogen-bond acceptors (Lipinski definition) is 11. The summed E-state index contributed by atoms with van der Waals surface area (Å²) in [6, 6.07) is 11.8. The third-order valence-corrected chi connectivity index (χ3v) is 4.96. The third kappa shape index (κ3) is 12.1. The summed E-state index contributed by atoms with van der Waals surface area (Å²) in [7, 11) is 0. The van der Waals surface area contributed by atoms with E-state index in [1.54, 1.807) is 0 Å². The van der Waals surface area contributed by atoms with E-state index in [2.05, 4.69) is 0 Å². The Balaban J connectivity index is 1.59. The van der Waals surface area contributed by atoms with Crippen LogP contribution in [0.3, 0.4) is 0 Å². The van der Waals surface area contributed by atoms with Crippen molar-refractivity contribution in [3.8, 4) is 0 Å². The molecule has 0 bridgehead atoms. The second kappa shape index (κ2) is 18.5. The Labute approximate surface area is 227 Å². The van der Waals surface area contributed by atoms with E-state index in [-0.39, 0.29) is 50.8 Å². The molecule has 2 aromatic carbocycles. The normalized spacial score (nSPS) is 10.5. The van der Waals surface area contributed by atoms with Crippen molar-refractivity contribution in [3.05, 3.63) is 70.8 Å². The standard InChI is InChI=1S/C28H34O11/c1-3-33-13-17-36-25(29)21-5-9-23(10-6-21)27(31)38-19-15-35-16-20-39-28(32)24-11-7-22(8-12-24)26(30)37-18-14-34-4-2/h5-12H,3-4,13-20H2,1-2H3. The summed E-state index contributed by atoms with van der Waals surface area (Å²) in [6.45, 7) is 5.92. The number of benzene rings is 2. The van der Waals surface area contributed by atoms with Crippen molar-refractivity contribution < 1.29 is 52.3 Å². The van der Waals surface area contributed by atoms with Crippen LogP contribution in [0.5, 0.6) is 0 Å². The van der Waals surface area contributed by atoms with Crippen molar-refractivity contribution in [2.45, 2.75) is 13.8 Å². The highest BCUT2D eigenvalue weighted by molar-refractivity contribution is 5.94. The summed E-state index contributed by atoms with van der Waals surface area (Å²) >= 11 is 0. The molecule has 2 aromatic rings. The summed E-state index contributed by atoms with van der Waals surface area (Å²) < 4.78 is 35.9. The van der Waals surface area contributed by atoms with E-state index in [1.807, 2.05) is 13.8 Å². The van der Waals surface area contributed by atoms with E-state index in [0.29, 0.717) is 37.6 Å². The summed E-state index contributed by atoms with van der Waals surface area (Å²) in [5, 5.41) is 0. The molecule has 0 radical (unpaired) electrons. The maximum Gasteiger partial charge on any atom is 0.338 e. The molecule has 11 heteroatoms. The molecule has 0 atom stereocenters. The van der Waals surface area contributed by atoms with Gasteiger partial charge in [-0.05, 0) is 62.4 Å². The van der Waals surface area contributed by atoms with Crippen LogP contribution < -0.4 is 0 Å². The largest absolute Gasteiger partial charge is 0.460 e. The quantitative estimate of drug-likeness (QED) is 0.155. The van der Waals surface area contributed by atoms with Gasteiger partial charge >= 0.3 is 23.9 Å². The molecule has 0 aliphatic rings. The second-order valence-electron chi connectivity index (χ2n) is 7.70. The zero-order chi connectivity index (χ0) is 28.3. The number of carbonyl (C=O) groups excluding carboxylic acids is 4. The molecule has 0 aliphatic heterocycles. The molecule has 0 saturated heterocycles. The molecule has 0 unspecified atom stereocenters. The fraction of sp³-hybridized carbons (Fsp3) is 0.429. The van der Waals surface area contributed by atoms with Crippen LogP contribution in [0.25, 0.3) is 0 Å². The zero-order valence-electron chi connectivity index (χ0n) is 22.2. The van der Waals surface area contributed by atoms with Crippen LogP contribution in [0.2, 0.25) is 0 Å². The lowest BCUT2D eigenvalue weighted by Gasteiger charge is -2.08.